The molecule has 5 rings (SSSR count). The molecule has 1 N–H and O–H groups in total. The second-order valence-electron chi connectivity index (χ2n) is 8.94. The van der Waals surface area contributed by atoms with E-state index in [1.807, 2.05) is 48.5 Å². The summed E-state index contributed by atoms with van der Waals surface area (Å²) in [5, 5.41) is 4.94. The standard InChI is InChI=1S/C31H28ClN3O/c32-25-15-13-24(14-16-25)28(20-31(36)34-19-17-26-10-6-7-18-33-26)29-22-35(21-23-8-2-1-3-9-23)30-12-5-4-11-27(29)30/h1-16,18,22,28H,17,19-21H2,(H,34,36)/t28-/m0/s1. The highest BCUT2D eigenvalue weighted by atomic mass is 35.5. The van der Waals surface area contributed by atoms with Crippen molar-refractivity contribution in [1.82, 2.24) is 14.9 Å². The van der Waals surface area contributed by atoms with Crippen LogP contribution in [0.3, 0.4) is 0 Å². The average molecular weight is 494 g/mol. The summed E-state index contributed by atoms with van der Waals surface area (Å²) in [6, 6.07) is 32.5. The molecule has 0 unspecified atom stereocenters. The number of pyridine rings is 1. The van der Waals surface area contributed by atoms with Gasteiger partial charge < -0.3 is 9.88 Å². The molecule has 5 heteroatoms. The van der Waals surface area contributed by atoms with Crippen LogP contribution < -0.4 is 5.32 Å². The van der Waals surface area contributed by atoms with Crippen molar-refractivity contribution in [2.75, 3.05) is 6.54 Å². The van der Waals surface area contributed by atoms with Crippen LogP contribution in [-0.4, -0.2) is 22.0 Å². The summed E-state index contributed by atoms with van der Waals surface area (Å²) in [5.74, 6) is -0.0789. The molecule has 0 fully saturated rings. The van der Waals surface area contributed by atoms with Gasteiger partial charge in [0.2, 0.25) is 5.91 Å². The Kier molecular flexibility index (Phi) is 7.44. The SMILES string of the molecule is O=C(C[C@@H](c1ccc(Cl)cc1)c1cn(Cc2ccccc2)c2ccccc12)NCCc1ccccn1. The van der Waals surface area contributed by atoms with Crippen molar-refractivity contribution in [2.24, 2.45) is 0 Å². The summed E-state index contributed by atoms with van der Waals surface area (Å²) in [7, 11) is 0. The fourth-order valence-electron chi connectivity index (χ4n) is 4.70. The molecule has 2 aromatic heterocycles. The fourth-order valence-corrected chi connectivity index (χ4v) is 4.83. The molecular formula is C31H28ClN3O. The predicted molar refractivity (Wildman–Crippen MR) is 146 cm³/mol. The quantitative estimate of drug-likeness (QED) is 0.251. The Bertz CT molecular complexity index is 1430. The van der Waals surface area contributed by atoms with Gasteiger partial charge in [-0.1, -0.05) is 78.3 Å². The molecule has 0 radical (unpaired) electrons. The third kappa shape index (κ3) is 5.67. The summed E-state index contributed by atoms with van der Waals surface area (Å²) in [4.78, 5) is 17.5. The van der Waals surface area contributed by atoms with Crippen molar-refractivity contribution in [2.45, 2.75) is 25.3 Å². The van der Waals surface area contributed by atoms with Crippen LogP contribution in [0.4, 0.5) is 0 Å². The Morgan fingerprint density at radius 3 is 2.42 bits per heavy atom. The van der Waals surface area contributed by atoms with Crippen molar-refractivity contribution < 1.29 is 4.79 Å². The molecule has 1 amide bonds. The normalized spacial score (nSPS) is 11.9. The van der Waals surface area contributed by atoms with Crippen LogP contribution in [0.2, 0.25) is 5.02 Å². The number of halogens is 1. The van der Waals surface area contributed by atoms with Gasteiger partial charge in [-0.05, 0) is 47.0 Å². The second kappa shape index (κ2) is 11.2. The first-order valence-corrected chi connectivity index (χ1v) is 12.6. The predicted octanol–water partition coefficient (Wildman–Crippen LogP) is 6.62. The number of nitrogens with one attached hydrogen (secondary N) is 1. The van der Waals surface area contributed by atoms with Gasteiger partial charge in [0.1, 0.15) is 0 Å². The molecule has 5 aromatic rings. The maximum absolute atomic E-state index is 13.1. The molecule has 36 heavy (non-hydrogen) atoms. The van der Waals surface area contributed by atoms with E-state index < -0.39 is 0 Å². The number of nitrogens with zero attached hydrogens (tertiary/aromatic N) is 2. The zero-order valence-electron chi connectivity index (χ0n) is 20.0. The van der Waals surface area contributed by atoms with Crippen LogP contribution in [-0.2, 0) is 17.8 Å². The number of hydrogen-bond donors (Lipinski definition) is 1. The number of carbonyl (C=O) groups excluding carboxylic acids is 1. The van der Waals surface area contributed by atoms with E-state index in [-0.39, 0.29) is 11.8 Å². The lowest BCUT2D eigenvalue weighted by molar-refractivity contribution is -0.121. The zero-order chi connectivity index (χ0) is 24.7. The third-order valence-electron chi connectivity index (χ3n) is 6.48. The highest BCUT2D eigenvalue weighted by molar-refractivity contribution is 6.30. The number of carbonyl (C=O) groups is 1. The largest absolute Gasteiger partial charge is 0.356 e. The van der Waals surface area contributed by atoms with Crippen LogP contribution >= 0.6 is 11.6 Å². The monoisotopic (exact) mass is 493 g/mol. The number of amides is 1. The minimum atomic E-state index is -0.0981. The van der Waals surface area contributed by atoms with Gasteiger partial charge in [-0.3, -0.25) is 9.78 Å². The van der Waals surface area contributed by atoms with E-state index >= 15 is 0 Å². The van der Waals surface area contributed by atoms with Crippen molar-refractivity contribution in [3.63, 3.8) is 0 Å². The molecule has 0 aliphatic rings. The Morgan fingerprint density at radius 1 is 0.889 bits per heavy atom. The minimum Gasteiger partial charge on any atom is -0.356 e. The highest BCUT2D eigenvalue weighted by Gasteiger charge is 2.23. The number of benzene rings is 3. The van der Waals surface area contributed by atoms with E-state index in [1.165, 1.54) is 5.56 Å². The first-order valence-electron chi connectivity index (χ1n) is 12.2. The molecule has 0 saturated carbocycles. The number of para-hydroxylation sites is 1. The van der Waals surface area contributed by atoms with Crippen LogP contribution in [0.15, 0.2) is 109 Å². The smallest absolute Gasteiger partial charge is 0.220 e. The Balaban J connectivity index is 1.44. The second-order valence-corrected chi connectivity index (χ2v) is 9.38. The molecule has 1 atom stereocenters. The lowest BCUT2D eigenvalue weighted by atomic mass is 9.88. The third-order valence-corrected chi connectivity index (χ3v) is 6.73. The van der Waals surface area contributed by atoms with Crippen LogP contribution in [0.1, 0.15) is 34.7 Å². The molecular weight excluding hydrogens is 466 g/mol. The van der Waals surface area contributed by atoms with Crippen LogP contribution in [0.25, 0.3) is 10.9 Å². The molecule has 0 spiro atoms. The van der Waals surface area contributed by atoms with Gasteiger partial charge in [0, 0.05) is 65.9 Å². The van der Waals surface area contributed by atoms with E-state index in [2.05, 4.69) is 69.6 Å². The minimum absolute atomic E-state index is 0.0192. The van der Waals surface area contributed by atoms with E-state index in [4.69, 9.17) is 11.6 Å². The molecule has 0 bridgehead atoms. The average Bonchev–Trinajstić information content (AvgIpc) is 3.27. The van der Waals surface area contributed by atoms with E-state index in [1.54, 1.807) is 6.20 Å². The maximum Gasteiger partial charge on any atom is 0.220 e. The number of aromatic nitrogens is 2. The topological polar surface area (TPSA) is 46.9 Å². The van der Waals surface area contributed by atoms with Gasteiger partial charge in [-0.15, -0.1) is 0 Å². The molecule has 0 saturated heterocycles. The lowest BCUT2D eigenvalue weighted by Crippen LogP contribution is -2.27. The number of fused-ring (bicyclic) bond motifs is 1. The van der Waals surface area contributed by atoms with Gasteiger partial charge in [0.25, 0.3) is 0 Å². The molecule has 2 heterocycles. The molecule has 3 aromatic carbocycles. The molecule has 4 nitrogen and oxygen atoms in total. The summed E-state index contributed by atoms with van der Waals surface area (Å²) in [6.45, 7) is 1.32. The first-order chi connectivity index (χ1) is 17.7. The van der Waals surface area contributed by atoms with E-state index in [0.717, 1.165) is 34.3 Å². The van der Waals surface area contributed by atoms with Crippen molar-refractivity contribution in [1.29, 1.82) is 0 Å². The van der Waals surface area contributed by atoms with Crippen LogP contribution in [0, 0.1) is 0 Å². The van der Waals surface area contributed by atoms with E-state index in [9.17, 15) is 4.79 Å². The van der Waals surface area contributed by atoms with Crippen molar-refractivity contribution in [3.8, 4) is 0 Å². The summed E-state index contributed by atoms with van der Waals surface area (Å²) < 4.78 is 2.28. The summed E-state index contributed by atoms with van der Waals surface area (Å²) >= 11 is 6.19. The van der Waals surface area contributed by atoms with Gasteiger partial charge in [-0.25, -0.2) is 0 Å². The lowest BCUT2D eigenvalue weighted by Gasteiger charge is -2.17. The fraction of sp³-hybridized carbons (Fsp3) is 0.161. The Morgan fingerprint density at radius 2 is 1.64 bits per heavy atom. The van der Waals surface area contributed by atoms with Crippen LogP contribution in [0.5, 0.6) is 0 Å². The highest BCUT2D eigenvalue weighted by Crippen LogP contribution is 2.35. The first kappa shape index (κ1) is 23.8. The summed E-state index contributed by atoms with van der Waals surface area (Å²) in [6.07, 6.45) is 5.04. The number of rotatable bonds is 9. The molecule has 180 valence electrons. The number of hydrogen-bond acceptors (Lipinski definition) is 2. The van der Waals surface area contributed by atoms with Gasteiger partial charge >= 0.3 is 0 Å². The molecule has 0 aliphatic carbocycles. The maximum atomic E-state index is 13.1. The molecule has 0 aliphatic heterocycles. The van der Waals surface area contributed by atoms with Gasteiger partial charge in [0.05, 0.1) is 0 Å². The van der Waals surface area contributed by atoms with Crippen molar-refractivity contribution >= 4 is 28.4 Å². The Labute approximate surface area is 216 Å². The van der Waals surface area contributed by atoms with Gasteiger partial charge in [0.15, 0.2) is 0 Å². The zero-order valence-corrected chi connectivity index (χ0v) is 20.7. The van der Waals surface area contributed by atoms with Gasteiger partial charge in [-0.2, -0.15) is 0 Å². The van der Waals surface area contributed by atoms with Crippen molar-refractivity contribution in [3.05, 3.63) is 137 Å². The summed E-state index contributed by atoms with van der Waals surface area (Å²) in [5.41, 5.74) is 5.58. The Hall–Kier alpha value is -3.89. The van der Waals surface area contributed by atoms with E-state index in [0.29, 0.717) is 24.4 Å².